The van der Waals surface area contributed by atoms with E-state index in [1.807, 2.05) is 74.5 Å². The van der Waals surface area contributed by atoms with Crippen LogP contribution in [-0.2, 0) is 6.42 Å². The second kappa shape index (κ2) is 41.5. The SMILES string of the molecule is C=C(C)/C=C\C(=C(C)C)C1CCC(C(CC)CC)CC1.C=C(C)C.C=C(C)C(C)C.C=C/C=C(\C)c1ccc(C)c(CC)c1.CC.CC.CCCC(C)C(F)CC. The van der Waals surface area contributed by atoms with E-state index in [-0.39, 0.29) is 5.92 Å². The number of hydrogen-bond acceptors (Lipinski definition) is 0. The van der Waals surface area contributed by atoms with E-state index in [0.717, 1.165) is 42.6 Å². The third-order valence-electron chi connectivity index (χ3n) is 10.3. The summed E-state index contributed by atoms with van der Waals surface area (Å²) in [6.07, 6.45) is 20.0. The standard InChI is InChI=1S/C20H34.C14H18.C8H17F.C6H12.C4H8.2C2H6/c1-7-17(8-2)18-10-12-19(13-11-18)20(16(5)6)14-9-15(3)4;1-5-7-11(3)14-9-8-12(4)13(6-2)10-14;1-4-6-7(3)8(9)5-2;1-5(2)6(3)4;1-4(2)3;2*1-2/h9,14,17-19H,3,7-8,10-13H2,1-2,4-6H3;5,7-10H,1,6H2,2-4H3;7-8H,4-6H2,1-3H3;6H,1H2,2-4H3;1H2,2-3H3;2*1-2H3/b14-9-;11-7+;;;;;. The third kappa shape index (κ3) is 35.0. The van der Waals surface area contributed by atoms with Crippen LogP contribution in [0.25, 0.3) is 5.57 Å². The Bertz CT molecular complexity index is 1230. The minimum atomic E-state index is -0.579. The molecular weight excluding hydrogens is 692 g/mol. The lowest BCUT2D eigenvalue weighted by Crippen LogP contribution is -2.22. The van der Waals surface area contributed by atoms with Gasteiger partial charge in [-0.3, -0.25) is 0 Å². The quantitative estimate of drug-likeness (QED) is 0.130. The average Bonchev–Trinajstić information content (AvgIpc) is 3.17. The van der Waals surface area contributed by atoms with E-state index in [1.54, 1.807) is 5.57 Å². The summed E-state index contributed by atoms with van der Waals surface area (Å²) >= 11 is 0. The fourth-order valence-corrected chi connectivity index (χ4v) is 6.41. The van der Waals surface area contributed by atoms with Crippen LogP contribution in [0.3, 0.4) is 0 Å². The van der Waals surface area contributed by atoms with Crippen LogP contribution >= 0.6 is 0 Å². The van der Waals surface area contributed by atoms with Gasteiger partial charge in [-0.1, -0.05) is 187 Å². The zero-order chi connectivity index (χ0) is 45.7. The Labute approximate surface area is 360 Å². The molecule has 2 atom stereocenters. The highest BCUT2D eigenvalue weighted by molar-refractivity contribution is 5.66. The van der Waals surface area contributed by atoms with E-state index in [9.17, 15) is 4.39 Å². The molecular formula is C56H101F. The summed E-state index contributed by atoms with van der Waals surface area (Å²) in [4.78, 5) is 0. The van der Waals surface area contributed by atoms with E-state index in [2.05, 4.69) is 133 Å². The van der Waals surface area contributed by atoms with Gasteiger partial charge in [0.25, 0.3) is 0 Å². The van der Waals surface area contributed by atoms with Gasteiger partial charge in [0.2, 0.25) is 0 Å². The lowest BCUT2D eigenvalue weighted by molar-refractivity contribution is 0.210. The lowest BCUT2D eigenvalue weighted by Gasteiger charge is -2.34. The van der Waals surface area contributed by atoms with Gasteiger partial charge in [0.05, 0.1) is 0 Å². The molecule has 0 radical (unpaired) electrons. The van der Waals surface area contributed by atoms with Crippen molar-refractivity contribution in [3.05, 3.63) is 113 Å². The molecule has 0 nitrogen and oxygen atoms in total. The molecule has 1 heteroatoms. The van der Waals surface area contributed by atoms with Gasteiger partial charge in [0.15, 0.2) is 0 Å². The number of aryl methyl sites for hydroxylation is 2. The molecule has 332 valence electrons. The van der Waals surface area contributed by atoms with E-state index >= 15 is 0 Å². The molecule has 1 aliphatic carbocycles. The van der Waals surface area contributed by atoms with Crippen LogP contribution in [0.5, 0.6) is 0 Å². The normalized spacial score (nSPS) is 15.4. The fraction of sp³-hybridized carbons (Fsp3) is 0.643. The maximum Gasteiger partial charge on any atom is 0.102 e. The van der Waals surface area contributed by atoms with Crippen LogP contribution in [-0.4, -0.2) is 6.17 Å². The molecule has 2 rings (SSSR count). The monoisotopic (exact) mass is 793 g/mol. The summed E-state index contributed by atoms with van der Waals surface area (Å²) in [6.45, 7) is 57.0. The van der Waals surface area contributed by atoms with E-state index in [4.69, 9.17) is 0 Å². The molecule has 0 spiro atoms. The molecule has 2 unspecified atom stereocenters. The first-order chi connectivity index (χ1) is 26.8. The molecule has 0 saturated heterocycles. The third-order valence-corrected chi connectivity index (χ3v) is 10.3. The number of alkyl halides is 1. The number of allylic oxidation sites excluding steroid dienone is 10. The van der Waals surface area contributed by atoms with E-state index in [1.165, 1.54) is 77.5 Å². The predicted molar refractivity (Wildman–Crippen MR) is 268 cm³/mol. The Hall–Kier alpha value is -2.67. The van der Waals surface area contributed by atoms with Gasteiger partial charge in [0, 0.05) is 0 Å². The van der Waals surface area contributed by atoms with Crippen molar-refractivity contribution < 1.29 is 4.39 Å². The Balaban J connectivity index is -0.000000212. The van der Waals surface area contributed by atoms with Crippen molar-refractivity contribution >= 4 is 5.57 Å². The van der Waals surface area contributed by atoms with Crippen molar-refractivity contribution in [2.24, 2.45) is 29.6 Å². The minimum Gasteiger partial charge on any atom is -0.247 e. The number of benzene rings is 1. The molecule has 0 N–H and O–H groups in total. The summed E-state index contributed by atoms with van der Waals surface area (Å²) in [5, 5.41) is 0. The largest absolute Gasteiger partial charge is 0.247 e. The van der Waals surface area contributed by atoms with E-state index < -0.39 is 6.17 Å². The number of halogens is 1. The average molecular weight is 793 g/mol. The predicted octanol–water partition coefficient (Wildman–Crippen LogP) is 19.9. The lowest BCUT2D eigenvalue weighted by atomic mass is 9.71. The first-order valence-corrected chi connectivity index (χ1v) is 23.1. The van der Waals surface area contributed by atoms with Gasteiger partial charge >= 0.3 is 0 Å². The van der Waals surface area contributed by atoms with Gasteiger partial charge < -0.3 is 0 Å². The van der Waals surface area contributed by atoms with Crippen LogP contribution < -0.4 is 0 Å². The van der Waals surface area contributed by atoms with Crippen molar-refractivity contribution in [3.8, 4) is 0 Å². The van der Waals surface area contributed by atoms with Crippen LogP contribution in [0.1, 0.15) is 206 Å². The summed E-state index contributed by atoms with van der Waals surface area (Å²) in [7, 11) is 0. The molecule has 57 heavy (non-hydrogen) atoms. The van der Waals surface area contributed by atoms with Crippen molar-refractivity contribution in [3.63, 3.8) is 0 Å². The first-order valence-electron chi connectivity index (χ1n) is 23.1. The maximum atomic E-state index is 12.7. The zero-order valence-electron chi connectivity index (χ0n) is 42.3. The van der Waals surface area contributed by atoms with Gasteiger partial charge in [-0.15, -0.1) is 6.58 Å². The van der Waals surface area contributed by atoms with Crippen LogP contribution in [0.4, 0.5) is 4.39 Å². The van der Waals surface area contributed by atoms with Crippen LogP contribution in [0.2, 0.25) is 0 Å². The van der Waals surface area contributed by atoms with Gasteiger partial charge in [-0.2, -0.15) is 0 Å². The molecule has 1 saturated carbocycles. The fourth-order valence-electron chi connectivity index (χ4n) is 6.41. The molecule has 0 aliphatic heterocycles. The smallest absolute Gasteiger partial charge is 0.102 e. The Morgan fingerprint density at radius 2 is 1.25 bits per heavy atom. The van der Waals surface area contributed by atoms with Crippen molar-refractivity contribution in [1.82, 2.24) is 0 Å². The molecule has 0 heterocycles. The molecule has 1 aliphatic rings. The van der Waals surface area contributed by atoms with Crippen LogP contribution in [0.15, 0.2) is 96.7 Å². The summed E-state index contributed by atoms with van der Waals surface area (Å²) < 4.78 is 12.7. The molecule has 0 amide bonds. The highest BCUT2D eigenvalue weighted by Gasteiger charge is 2.27. The molecule has 1 aromatic carbocycles. The van der Waals surface area contributed by atoms with E-state index in [0.29, 0.717) is 12.3 Å². The topological polar surface area (TPSA) is 0 Å². The summed E-state index contributed by atoms with van der Waals surface area (Å²) in [6, 6.07) is 6.63. The summed E-state index contributed by atoms with van der Waals surface area (Å²) in [5.74, 6) is 3.63. The second-order valence-corrected chi connectivity index (χ2v) is 16.3. The highest BCUT2D eigenvalue weighted by atomic mass is 19.1. The minimum absolute atomic E-state index is 0.264. The molecule has 0 bridgehead atoms. The molecule has 1 aromatic rings. The maximum absolute atomic E-state index is 12.7. The van der Waals surface area contributed by atoms with Crippen molar-refractivity contribution in [2.75, 3.05) is 0 Å². The highest BCUT2D eigenvalue weighted by Crippen LogP contribution is 2.40. The Morgan fingerprint density at radius 1 is 0.772 bits per heavy atom. The van der Waals surface area contributed by atoms with Gasteiger partial charge in [-0.05, 0) is 158 Å². The zero-order valence-corrected chi connectivity index (χ0v) is 42.3. The first kappa shape index (κ1) is 63.5. The summed E-state index contributed by atoms with van der Waals surface area (Å²) in [5.41, 5.74) is 12.0. The Morgan fingerprint density at radius 3 is 1.58 bits per heavy atom. The van der Waals surface area contributed by atoms with Gasteiger partial charge in [0.1, 0.15) is 6.17 Å². The second-order valence-electron chi connectivity index (χ2n) is 16.3. The van der Waals surface area contributed by atoms with Crippen molar-refractivity contribution in [1.29, 1.82) is 0 Å². The van der Waals surface area contributed by atoms with Gasteiger partial charge in [-0.25, -0.2) is 4.39 Å². The number of hydrogen-bond donors (Lipinski definition) is 0. The van der Waals surface area contributed by atoms with Crippen molar-refractivity contribution in [2.45, 2.75) is 209 Å². The molecule has 1 fully saturated rings. The number of rotatable bonds is 14. The Kier molecular flexibility index (Phi) is 46.2. The van der Waals surface area contributed by atoms with Crippen LogP contribution in [0, 0.1) is 36.5 Å². The molecule has 0 aromatic heterocycles.